The van der Waals surface area contributed by atoms with E-state index in [1.807, 2.05) is 62.4 Å². The van der Waals surface area contributed by atoms with Crippen molar-refractivity contribution in [2.24, 2.45) is 0 Å². The largest absolute Gasteiger partial charge is 0.488 e. The Kier molecular flexibility index (Phi) is 9.18. The van der Waals surface area contributed by atoms with E-state index in [2.05, 4.69) is 31.9 Å². The minimum atomic E-state index is -0.297. The zero-order valence-corrected chi connectivity index (χ0v) is 18.0. The molecule has 6 heteroatoms. The summed E-state index contributed by atoms with van der Waals surface area (Å²) in [7, 11) is 0. The van der Waals surface area contributed by atoms with Gasteiger partial charge in [0.15, 0.2) is 6.29 Å². The minimum absolute atomic E-state index is 0.297. The number of ether oxygens (including phenoxy) is 3. The van der Waals surface area contributed by atoms with Gasteiger partial charge in [-0.25, -0.2) is 0 Å². The van der Waals surface area contributed by atoms with E-state index in [0.29, 0.717) is 19.8 Å². The van der Waals surface area contributed by atoms with Crippen LogP contribution in [0.2, 0.25) is 0 Å². The molecule has 0 aliphatic carbocycles. The summed E-state index contributed by atoms with van der Waals surface area (Å²) in [5, 5.41) is 1.14. The summed E-state index contributed by atoms with van der Waals surface area (Å²) in [6.45, 7) is 5.51. The van der Waals surface area contributed by atoms with E-state index in [-0.39, 0.29) is 6.29 Å². The van der Waals surface area contributed by atoms with E-state index in [0.717, 1.165) is 25.7 Å². The maximum atomic E-state index is 5.57. The topological polar surface area (TPSA) is 40.8 Å². The lowest BCUT2D eigenvalue weighted by Gasteiger charge is -2.17. The van der Waals surface area contributed by atoms with E-state index >= 15 is 0 Å². The zero-order chi connectivity index (χ0) is 18.8. The predicted molar refractivity (Wildman–Crippen MR) is 111 cm³/mol. The predicted octanol–water partition coefficient (Wildman–Crippen LogP) is 6.42. The number of halogens is 2. The molecule has 0 unspecified atom stereocenters. The summed E-state index contributed by atoms with van der Waals surface area (Å²) >= 11 is 6.75. The molecule has 0 atom stereocenters. The van der Waals surface area contributed by atoms with E-state index < -0.39 is 0 Å². The van der Waals surface area contributed by atoms with Gasteiger partial charge >= 0.3 is 0 Å². The molecule has 2 aromatic carbocycles. The second-order valence-electron chi connectivity index (χ2n) is 5.21. The molecule has 0 spiro atoms. The Hall–Kier alpha value is -1.34. The Morgan fingerprint density at radius 2 is 1.65 bits per heavy atom. The summed E-state index contributed by atoms with van der Waals surface area (Å²) in [6, 6.07) is 15.6. The Morgan fingerprint density at radius 3 is 2.35 bits per heavy atom. The van der Waals surface area contributed by atoms with Gasteiger partial charge in [0.25, 0.3) is 0 Å². The first-order chi connectivity index (χ1) is 12.6. The van der Waals surface area contributed by atoms with Crippen molar-refractivity contribution in [3.05, 3.63) is 63.7 Å². The van der Waals surface area contributed by atoms with E-state index in [4.69, 9.17) is 18.6 Å². The maximum Gasteiger partial charge on any atom is 0.191 e. The van der Waals surface area contributed by atoms with Gasteiger partial charge in [-0.05, 0) is 50.2 Å². The van der Waals surface area contributed by atoms with E-state index in [1.165, 1.54) is 0 Å². The fourth-order valence-corrected chi connectivity index (χ4v) is 2.88. The summed E-state index contributed by atoms with van der Waals surface area (Å²) in [6.07, 6.45) is 1.39. The van der Waals surface area contributed by atoms with Gasteiger partial charge in [-0.1, -0.05) is 44.0 Å². The van der Waals surface area contributed by atoms with Crippen molar-refractivity contribution in [2.75, 3.05) is 19.8 Å². The van der Waals surface area contributed by atoms with Crippen molar-refractivity contribution >= 4 is 42.8 Å². The highest BCUT2D eigenvalue weighted by atomic mass is 79.9. The number of fused-ring (bicyclic) bond motifs is 1. The smallest absolute Gasteiger partial charge is 0.191 e. The van der Waals surface area contributed by atoms with Gasteiger partial charge in [-0.2, -0.15) is 0 Å². The highest BCUT2D eigenvalue weighted by Gasteiger charge is 2.08. The molecule has 3 rings (SSSR count). The summed E-state index contributed by atoms with van der Waals surface area (Å²) in [4.78, 5) is 0. The van der Waals surface area contributed by atoms with Crippen LogP contribution in [0.15, 0.2) is 68.2 Å². The normalized spacial score (nSPS) is 10.7. The van der Waals surface area contributed by atoms with Crippen LogP contribution in [0.1, 0.15) is 13.8 Å². The average molecular weight is 486 g/mol. The third-order valence-corrected chi connectivity index (χ3v) is 4.29. The summed E-state index contributed by atoms with van der Waals surface area (Å²) < 4.78 is 23.5. The lowest BCUT2D eigenvalue weighted by atomic mass is 10.3. The fraction of sp³-hybridized carbons (Fsp3) is 0.300. The fourth-order valence-electron chi connectivity index (χ4n) is 2.17. The lowest BCUT2D eigenvalue weighted by Crippen LogP contribution is -2.25. The molecule has 0 aliphatic rings. The first-order valence-corrected chi connectivity index (χ1v) is 9.95. The van der Waals surface area contributed by atoms with Crippen LogP contribution in [0.25, 0.3) is 11.0 Å². The molecule has 0 amide bonds. The van der Waals surface area contributed by atoms with Crippen molar-refractivity contribution in [3.8, 4) is 5.75 Å². The van der Waals surface area contributed by atoms with Gasteiger partial charge in [-0.3, -0.25) is 0 Å². The molecule has 0 aliphatic heterocycles. The first-order valence-electron chi connectivity index (χ1n) is 8.36. The van der Waals surface area contributed by atoms with Crippen molar-refractivity contribution < 1.29 is 18.6 Å². The molecule has 4 nitrogen and oxygen atoms in total. The SMILES string of the molecule is Brc1ccc2ccoc2c1.CCOC(COc1cccc(Br)c1)OCC. The first kappa shape index (κ1) is 21.0. The van der Waals surface area contributed by atoms with Crippen molar-refractivity contribution in [1.82, 2.24) is 0 Å². The standard InChI is InChI=1S/C12H17BrO3.C8H5BrO/c1-3-14-12(15-4-2)9-16-11-7-5-6-10(13)8-11;9-7-2-1-6-3-4-10-8(6)5-7/h5-8,12H,3-4,9H2,1-2H3;1-5H. The van der Waals surface area contributed by atoms with Crippen molar-refractivity contribution in [1.29, 1.82) is 0 Å². The molecule has 140 valence electrons. The molecule has 0 N–H and O–H groups in total. The van der Waals surface area contributed by atoms with Gasteiger partial charge in [0, 0.05) is 27.5 Å². The molecule has 26 heavy (non-hydrogen) atoms. The molecule has 1 heterocycles. The molecule has 0 fully saturated rings. The van der Waals surface area contributed by atoms with Crippen LogP contribution in [0.5, 0.6) is 5.75 Å². The number of hydrogen-bond acceptors (Lipinski definition) is 4. The van der Waals surface area contributed by atoms with Crippen LogP contribution < -0.4 is 4.74 Å². The third-order valence-electron chi connectivity index (χ3n) is 3.31. The highest BCUT2D eigenvalue weighted by molar-refractivity contribution is 9.10. The van der Waals surface area contributed by atoms with Crippen molar-refractivity contribution in [3.63, 3.8) is 0 Å². The average Bonchev–Trinajstić information content (AvgIpc) is 3.08. The Bertz CT molecular complexity index is 782. The van der Waals surface area contributed by atoms with E-state index in [9.17, 15) is 0 Å². The van der Waals surface area contributed by atoms with Crippen LogP contribution in [-0.4, -0.2) is 26.1 Å². The van der Waals surface area contributed by atoms with Crippen molar-refractivity contribution in [2.45, 2.75) is 20.1 Å². The van der Waals surface area contributed by atoms with Crippen LogP contribution in [-0.2, 0) is 9.47 Å². The Balaban J connectivity index is 0.000000206. The van der Waals surface area contributed by atoms with Gasteiger partial charge in [-0.15, -0.1) is 0 Å². The van der Waals surface area contributed by atoms with Gasteiger partial charge in [0.2, 0.25) is 0 Å². The molecule has 0 radical (unpaired) electrons. The maximum absolute atomic E-state index is 5.57. The molecule has 0 saturated carbocycles. The second kappa shape index (κ2) is 11.4. The molecule has 3 aromatic rings. The summed E-state index contributed by atoms with van der Waals surface area (Å²) in [5.41, 5.74) is 0.925. The number of furan rings is 1. The lowest BCUT2D eigenvalue weighted by molar-refractivity contribution is -0.152. The molecular formula is C20H22Br2O4. The number of hydrogen-bond donors (Lipinski definition) is 0. The minimum Gasteiger partial charge on any atom is -0.488 e. The highest BCUT2D eigenvalue weighted by Crippen LogP contribution is 2.20. The number of rotatable bonds is 7. The molecule has 1 aromatic heterocycles. The molecule has 0 saturated heterocycles. The Labute approximate surface area is 170 Å². The quantitative estimate of drug-likeness (QED) is 0.362. The van der Waals surface area contributed by atoms with Crippen LogP contribution in [0.3, 0.4) is 0 Å². The summed E-state index contributed by atoms with van der Waals surface area (Å²) in [5.74, 6) is 0.804. The number of benzene rings is 2. The second-order valence-corrected chi connectivity index (χ2v) is 7.04. The van der Waals surface area contributed by atoms with Gasteiger partial charge < -0.3 is 18.6 Å². The van der Waals surface area contributed by atoms with Crippen LogP contribution >= 0.6 is 31.9 Å². The zero-order valence-electron chi connectivity index (χ0n) is 14.8. The van der Waals surface area contributed by atoms with Crippen LogP contribution in [0.4, 0.5) is 0 Å². The van der Waals surface area contributed by atoms with E-state index in [1.54, 1.807) is 6.26 Å². The Morgan fingerprint density at radius 1 is 0.923 bits per heavy atom. The third kappa shape index (κ3) is 7.11. The molecule has 0 bridgehead atoms. The van der Waals surface area contributed by atoms with Crippen LogP contribution in [0, 0.1) is 0 Å². The van der Waals surface area contributed by atoms with Gasteiger partial charge in [0.1, 0.15) is 17.9 Å². The monoisotopic (exact) mass is 484 g/mol. The molecular weight excluding hydrogens is 464 g/mol. The van der Waals surface area contributed by atoms with Gasteiger partial charge in [0.05, 0.1) is 6.26 Å².